The Labute approximate surface area is 210 Å². The van der Waals surface area contributed by atoms with E-state index in [1.807, 2.05) is 6.07 Å². The Morgan fingerprint density at radius 2 is 1.53 bits per heavy atom. The van der Waals surface area contributed by atoms with Gasteiger partial charge in [-0.2, -0.15) is 0 Å². The topological polar surface area (TPSA) is 119 Å². The summed E-state index contributed by atoms with van der Waals surface area (Å²) in [5.74, 6) is -1.42. The molecule has 0 aliphatic carbocycles. The van der Waals surface area contributed by atoms with Crippen molar-refractivity contribution in [2.45, 2.75) is 5.92 Å². The van der Waals surface area contributed by atoms with Crippen LogP contribution in [0.5, 0.6) is 11.5 Å². The van der Waals surface area contributed by atoms with Crippen LogP contribution in [0.2, 0.25) is 0 Å². The second kappa shape index (κ2) is 10.1. The number of esters is 2. The molecule has 0 radical (unpaired) electrons. The average Bonchev–Trinajstić information content (AvgIpc) is 3.23. The Hall–Kier alpha value is -4.31. The highest BCUT2D eigenvalue weighted by molar-refractivity contribution is 7.07. The molecule has 3 aromatic rings. The zero-order valence-corrected chi connectivity index (χ0v) is 20.9. The third-order valence-electron chi connectivity index (χ3n) is 5.78. The summed E-state index contributed by atoms with van der Waals surface area (Å²) in [7, 11) is 5.50. The molecule has 10 heteroatoms. The Morgan fingerprint density at radius 3 is 2.17 bits per heavy atom. The molecule has 0 bridgehead atoms. The number of fused-ring (bicyclic) bond motifs is 1. The third-order valence-corrected chi connectivity index (χ3v) is 6.89. The van der Waals surface area contributed by atoms with Gasteiger partial charge in [0.1, 0.15) is 22.0 Å². The second-order valence-corrected chi connectivity index (χ2v) is 8.77. The van der Waals surface area contributed by atoms with Gasteiger partial charge in [-0.15, -0.1) is 11.3 Å². The molecule has 0 spiro atoms. The van der Waals surface area contributed by atoms with Gasteiger partial charge in [-0.25, -0.2) is 9.59 Å². The SMILES string of the molecule is COC(=O)C1=C(N)n2c(s/c(=C\c3cccc(OC)c3)c2=O)=C(C(=O)OC)[C@H]1c1cccc(OC)c1. The van der Waals surface area contributed by atoms with Gasteiger partial charge in [-0.3, -0.25) is 9.36 Å². The summed E-state index contributed by atoms with van der Waals surface area (Å²) in [6, 6.07) is 14.1. The lowest BCUT2D eigenvalue weighted by atomic mass is 9.83. The molecule has 0 unspecified atom stereocenters. The summed E-state index contributed by atoms with van der Waals surface area (Å²) >= 11 is 1.07. The van der Waals surface area contributed by atoms with E-state index in [0.717, 1.165) is 15.9 Å². The predicted octanol–water partition coefficient (Wildman–Crippen LogP) is 1.18. The molecule has 0 saturated heterocycles. The standard InChI is InChI=1S/C26H24N2O7S/c1-32-16-9-5-7-14(11-16)12-18-23(29)28-22(27)20(25(30)34-3)19(15-8-6-10-17(13-15)33-2)21(24(28)36-18)26(31)35-4/h5-13,19H,27H2,1-4H3/b18-12-/t19-/m0/s1. The van der Waals surface area contributed by atoms with Crippen LogP contribution >= 0.6 is 11.3 Å². The highest BCUT2D eigenvalue weighted by Gasteiger charge is 2.39. The first kappa shape index (κ1) is 24.8. The van der Waals surface area contributed by atoms with Gasteiger partial charge in [0.15, 0.2) is 0 Å². The van der Waals surface area contributed by atoms with E-state index in [1.54, 1.807) is 55.7 Å². The van der Waals surface area contributed by atoms with Crippen molar-refractivity contribution in [3.63, 3.8) is 0 Å². The van der Waals surface area contributed by atoms with E-state index >= 15 is 0 Å². The Balaban J connectivity index is 2.11. The quantitative estimate of drug-likeness (QED) is 0.493. The van der Waals surface area contributed by atoms with Crippen molar-refractivity contribution >= 4 is 40.7 Å². The molecule has 1 aliphatic rings. The lowest BCUT2D eigenvalue weighted by molar-refractivity contribution is -0.136. The molecule has 1 atom stereocenters. The first-order valence-corrected chi connectivity index (χ1v) is 11.6. The number of methoxy groups -OCH3 is 4. The number of hydrogen-bond donors (Lipinski definition) is 1. The van der Waals surface area contributed by atoms with Crippen molar-refractivity contribution in [1.29, 1.82) is 0 Å². The summed E-state index contributed by atoms with van der Waals surface area (Å²) in [6.45, 7) is 0. The molecule has 1 aromatic heterocycles. The fourth-order valence-corrected chi connectivity index (χ4v) is 5.27. The fraction of sp³-hybridized carbons (Fsp3) is 0.192. The summed E-state index contributed by atoms with van der Waals surface area (Å²) in [5, 5.41) is 0. The molecule has 0 amide bonds. The molecule has 0 saturated carbocycles. The molecule has 2 aromatic carbocycles. The minimum Gasteiger partial charge on any atom is -0.497 e. The molecule has 2 N–H and O–H groups in total. The van der Waals surface area contributed by atoms with Gasteiger partial charge in [-0.05, 0) is 41.5 Å². The van der Waals surface area contributed by atoms with E-state index < -0.39 is 23.4 Å². The van der Waals surface area contributed by atoms with Crippen molar-refractivity contribution in [3.05, 3.63) is 84.8 Å². The second-order valence-electron chi connectivity index (χ2n) is 7.74. The number of ether oxygens (including phenoxy) is 4. The van der Waals surface area contributed by atoms with Crippen LogP contribution < -0.4 is 30.0 Å². The highest BCUT2D eigenvalue weighted by Crippen LogP contribution is 2.38. The normalized spacial score (nSPS) is 15.4. The zero-order valence-electron chi connectivity index (χ0n) is 20.1. The number of hydrogen-bond acceptors (Lipinski definition) is 9. The van der Waals surface area contributed by atoms with Crippen LogP contribution in [0.4, 0.5) is 0 Å². The van der Waals surface area contributed by atoms with E-state index in [2.05, 4.69) is 0 Å². The molecule has 36 heavy (non-hydrogen) atoms. The largest absolute Gasteiger partial charge is 0.497 e. The van der Waals surface area contributed by atoms with E-state index in [-0.39, 0.29) is 21.6 Å². The van der Waals surface area contributed by atoms with Crippen LogP contribution in [0.15, 0.2) is 58.9 Å². The van der Waals surface area contributed by atoms with E-state index in [1.165, 1.54) is 21.3 Å². The first-order valence-electron chi connectivity index (χ1n) is 10.8. The third kappa shape index (κ3) is 4.27. The van der Waals surface area contributed by atoms with E-state index in [4.69, 9.17) is 24.7 Å². The van der Waals surface area contributed by atoms with Gasteiger partial charge in [-0.1, -0.05) is 24.3 Å². The molecule has 1 aliphatic heterocycles. The number of nitrogens with two attached hydrogens (primary N) is 1. The molecule has 4 rings (SSSR count). The molecule has 0 fully saturated rings. The predicted molar refractivity (Wildman–Crippen MR) is 135 cm³/mol. The number of carbonyl (C=O) groups is 2. The lowest BCUT2D eigenvalue weighted by Gasteiger charge is -2.26. The van der Waals surface area contributed by atoms with Crippen LogP contribution in [0.3, 0.4) is 0 Å². The van der Waals surface area contributed by atoms with Crippen LogP contribution in [0, 0.1) is 0 Å². The van der Waals surface area contributed by atoms with Gasteiger partial charge in [0.05, 0.1) is 50.0 Å². The first-order chi connectivity index (χ1) is 17.3. The van der Waals surface area contributed by atoms with E-state index in [0.29, 0.717) is 27.2 Å². The zero-order chi connectivity index (χ0) is 26.0. The number of benzene rings is 2. The maximum absolute atomic E-state index is 13.5. The van der Waals surface area contributed by atoms with Gasteiger partial charge in [0, 0.05) is 0 Å². The van der Waals surface area contributed by atoms with Crippen LogP contribution in [-0.2, 0) is 19.1 Å². The smallest absolute Gasteiger partial charge is 0.338 e. The molecule has 2 heterocycles. The van der Waals surface area contributed by atoms with Gasteiger partial charge in [0.2, 0.25) is 0 Å². The Bertz CT molecular complexity index is 1570. The lowest BCUT2D eigenvalue weighted by Crippen LogP contribution is -2.41. The molecule has 9 nitrogen and oxygen atoms in total. The molecular formula is C26H24N2O7S. The number of rotatable bonds is 6. The number of nitrogens with zero attached hydrogens (tertiary/aromatic N) is 1. The van der Waals surface area contributed by atoms with Crippen LogP contribution in [0.1, 0.15) is 17.0 Å². The van der Waals surface area contributed by atoms with Gasteiger partial charge < -0.3 is 24.7 Å². The molecular weight excluding hydrogens is 484 g/mol. The van der Waals surface area contributed by atoms with Crippen molar-refractivity contribution < 1.29 is 28.5 Å². The summed E-state index contributed by atoms with van der Waals surface area (Å²) in [6.07, 6.45) is 1.67. The average molecular weight is 509 g/mol. The van der Waals surface area contributed by atoms with Gasteiger partial charge >= 0.3 is 11.9 Å². The summed E-state index contributed by atoms with van der Waals surface area (Å²) < 4.78 is 22.4. The van der Waals surface area contributed by atoms with Crippen molar-refractivity contribution in [1.82, 2.24) is 4.57 Å². The fourth-order valence-electron chi connectivity index (χ4n) is 4.10. The van der Waals surface area contributed by atoms with E-state index in [9.17, 15) is 14.4 Å². The number of carbonyl (C=O) groups excluding carboxylic acids is 2. The van der Waals surface area contributed by atoms with Crippen molar-refractivity contribution in [2.24, 2.45) is 5.73 Å². The highest BCUT2D eigenvalue weighted by atomic mass is 32.1. The molecule has 186 valence electrons. The summed E-state index contributed by atoms with van der Waals surface area (Å²) in [5.41, 5.74) is 7.26. The van der Waals surface area contributed by atoms with Crippen molar-refractivity contribution in [2.75, 3.05) is 28.4 Å². The van der Waals surface area contributed by atoms with Crippen LogP contribution in [0.25, 0.3) is 17.5 Å². The minimum absolute atomic E-state index is 0.0496. The maximum Gasteiger partial charge on any atom is 0.338 e. The monoisotopic (exact) mass is 508 g/mol. The minimum atomic E-state index is -0.956. The number of aromatic nitrogens is 1. The number of thiazole rings is 1. The van der Waals surface area contributed by atoms with Gasteiger partial charge in [0.25, 0.3) is 5.56 Å². The van der Waals surface area contributed by atoms with Crippen LogP contribution in [-0.4, -0.2) is 44.9 Å². The summed E-state index contributed by atoms with van der Waals surface area (Å²) in [4.78, 5) is 39.6. The van der Waals surface area contributed by atoms with Crippen molar-refractivity contribution in [3.8, 4) is 11.5 Å². The maximum atomic E-state index is 13.5. The Kier molecular flexibility index (Phi) is 6.98. The Morgan fingerprint density at radius 1 is 0.917 bits per heavy atom.